The zero-order valence-electron chi connectivity index (χ0n) is 9.51. The summed E-state index contributed by atoms with van der Waals surface area (Å²) >= 11 is 0. The fourth-order valence-electron chi connectivity index (χ4n) is 1.45. The lowest BCUT2D eigenvalue weighted by Crippen LogP contribution is -1.93. The molecule has 0 spiro atoms. The van der Waals surface area contributed by atoms with Crippen molar-refractivity contribution >= 4 is 12.2 Å². The second-order valence-corrected chi connectivity index (χ2v) is 3.73. The van der Waals surface area contributed by atoms with E-state index in [-0.39, 0.29) is 0 Å². The number of benzene rings is 1. The summed E-state index contributed by atoms with van der Waals surface area (Å²) in [5.74, 6) is 0. The van der Waals surface area contributed by atoms with E-state index in [0.717, 1.165) is 17.1 Å². The van der Waals surface area contributed by atoms with Crippen LogP contribution in [0.15, 0.2) is 36.5 Å². The van der Waals surface area contributed by atoms with Gasteiger partial charge in [0.25, 0.3) is 0 Å². The van der Waals surface area contributed by atoms with Crippen molar-refractivity contribution in [2.24, 2.45) is 0 Å². The van der Waals surface area contributed by atoms with Crippen LogP contribution >= 0.6 is 0 Å². The van der Waals surface area contributed by atoms with Crippen LogP contribution in [0.25, 0.3) is 12.2 Å². The second kappa shape index (κ2) is 4.71. The van der Waals surface area contributed by atoms with E-state index < -0.39 is 0 Å². The summed E-state index contributed by atoms with van der Waals surface area (Å²) in [7, 11) is 0. The van der Waals surface area contributed by atoms with E-state index in [1.807, 2.05) is 38.1 Å². The van der Waals surface area contributed by atoms with Crippen molar-refractivity contribution in [3.63, 3.8) is 0 Å². The summed E-state index contributed by atoms with van der Waals surface area (Å²) in [5, 5.41) is 0. The zero-order valence-corrected chi connectivity index (χ0v) is 9.51. The maximum atomic E-state index is 4.44. The van der Waals surface area contributed by atoms with E-state index in [0.29, 0.717) is 0 Å². The molecule has 0 saturated carbocycles. The van der Waals surface area contributed by atoms with Crippen molar-refractivity contribution in [1.82, 2.24) is 9.97 Å². The Morgan fingerprint density at radius 2 is 1.75 bits per heavy atom. The minimum atomic E-state index is 0.934. The van der Waals surface area contributed by atoms with Crippen LogP contribution in [-0.2, 0) is 0 Å². The molecule has 0 bridgehead atoms. The third kappa shape index (κ3) is 2.54. The molecule has 0 N–H and O–H groups in total. The highest BCUT2D eigenvalue weighted by Crippen LogP contribution is 2.08. The van der Waals surface area contributed by atoms with Crippen LogP contribution in [0.1, 0.15) is 22.6 Å². The smallest absolute Gasteiger partial charge is 0.0845 e. The highest BCUT2D eigenvalue weighted by atomic mass is 14.8. The molecule has 0 aliphatic carbocycles. The van der Waals surface area contributed by atoms with E-state index in [4.69, 9.17) is 0 Å². The van der Waals surface area contributed by atoms with E-state index >= 15 is 0 Å². The molecule has 0 amide bonds. The van der Waals surface area contributed by atoms with Crippen LogP contribution < -0.4 is 0 Å². The Morgan fingerprint density at radius 1 is 1.00 bits per heavy atom. The maximum absolute atomic E-state index is 4.44. The predicted octanol–water partition coefficient (Wildman–Crippen LogP) is 3.26. The first-order chi connectivity index (χ1) is 7.75. The predicted molar refractivity (Wildman–Crippen MR) is 66.9 cm³/mol. The molecule has 2 heteroatoms. The molecule has 80 valence electrons. The molecule has 0 saturated heterocycles. The first kappa shape index (κ1) is 10.6. The van der Waals surface area contributed by atoms with Gasteiger partial charge in [-0.25, -0.2) is 0 Å². The van der Waals surface area contributed by atoms with E-state index in [9.17, 15) is 0 Å². The molecule has 1 heterocycles. The fourth-order valence-corrected chi connectivity index (χ4v) is 1.45. The van der Waals surface area contributed by atoms with Crippen molar-refractivity contribution in [1.29, 1.82) is 0 Å². The van der Waals surface area contributed by atoms with Gasteiger partial charge in [0, 0.05) is 6.20 Å². The Morgan fingerprint density at radius 3 is 2.50 bits per heavy atom. The molecule has 16 heavy (non-hydrogen) atoms. The van der Waals surface area contributed by atoms with Crippen LogP contribution in [0.2, 0.25) is 0 Å². The normalized spacial score (nSPS) is 10.9. The van der Waals surface area contributed by atoms with Gasteiger partial charge in [-0.15, -0.1) is 0 Å². The lowest BCUT2D eigenvalue weighted by Gasteiger charge is -1.99. The van der Waals surface area contributed by atoms with Gasteiger partial charge < -0.3 is 0 Å². The van der Waals surface area contributed by atoms with Crippen LogP contribution in [0.3, 0.4) is 0 Å². The lowest BCUT2D eigenvalue weighted by molar-refractivity contribution is 1.05. The van der Waals surface area contributed by atoms with Gasteiger partial charge in [-0.2, -0.15) is 0 Å². The Labute approximate surface area is 95.7 Å². The van der Waals surface area contributed by atoms with Gasteiger partial charge in [-0.05, 0) is 25.5 Å². The van der Waals surface area contributed by atoms with Crippen LogP contribution in [-0.4, -0.2) is 9.97 Å². The number of hydrogen-bond acceptors (Lipinski definition) is 2. The number of rotatable bonds is 2. The highest BCUT2D eigenvalue weighted by Gasteiger charge is 1.97. The molecule has 2 aromatic rings. The second-order valence-electron chi connectivity index (χ2n) is 3.73. The molecule has 2 nitrogen and oxygen atoms in total. The largest absolute Gasteiger partial charge is 0.257 e. The average Bonchev–Trinajstić information content (AvgIpc) is 2.32. The minimum Gasteiger partial charge on any atom is -0.257 e. The third-order valence-corrected chi connectivity index (χ3v) is 2.35. The molecule has 0 fully saturated rings. The monoisotopic (exact) mass is 210 g/mol. The fraction of sp³-hybridized carbons (Fsp3) is 0.143. The van der Waals surface area contributed by atoms with Crippen molar-refractivity contribution in [2.45, 2.75) is 13.8 Å². The van der Waals surface area contributed by atoms with Gasteiger partial charge in [0.05, 0.1) is 17.1 Å². The molecule has 0 radical (unpaired) electrons. The summed E-state index contributed by atoms with van der Waals surface area (Å²) in [4.78, 5) is 8.72. The van der Waals surface area contributed by atoms with Gasteiger partial charge in [-0.1, -0.05) is 36.4 Å². The molecule has 1 aromatic carbocycles. The Kier molecular flexibility index (Phi) is 3.10. The van der Waals surface area contributed by atoms with Crippen molar-refractivity contribution < 1.29 is 0 Å². The summed E-state index contributed by atoms with van der Waals surface area (Å²) in [5.41, 5.74) is 4.00. The molecule has 2 rings (SSSR count). The van der Waals surface area contributed by atoms with Crippen molar-refractivity contribution in [3.8, 4) is 0 Å². The van der Waals surface area contributed by atoms with Gasteiger partial charge >= 0.3 is 0 Å². The van der Waals surface area contributed by atoms with Crippen LogP contribution in [0.5, 0.6) is 0 Å². The molecular weight excluding hydrogens is 196 g/mol. The SMILES string of the molecule is Cc1cnc(C)c(/C=C/c2ccccc2)n1. The topological polar surface area (TPSA) is 25.8 Å². The van der Waals surface area contributed by atoms with Gasteiger partial charge in [0.15, 0.2) is 0 Å². The molecular formula is C14H14N2. The van der Waals surface area contributed by atoms with Crippen LogP contribution in [0, 0.1) is 13.8 Å². The van der Waals surface area contributed by atoms with Gasteiger partial charge in [0.1, 0.15) is 0 Å². The lowest BCUT2D eigenvalue weighted by atomic mass is 10.2. The number of hydrogen-bond donors (Lipinski definition) is 0. The Balaban J connectivity index is 2.27. The summed E-state index contributed by atoms with van der Waals surface area (Å²) in [6.07, 6.45) is 5.84. The number of aryl methyl sites for hydroxylation is 2. The van der Waals surface area contributed by atoms with Crippen molar-refractivity contribution in [2.75, 3.05) is 0 Å². The highest BCUT2D eigenvalue weighted by molar-refractivity contribution is 5.68. The summed E-state index contributed by atoms with van der Waals surface area (Å²) in [6.45, 7) is 3.92. The zero-order chi connectivity index (χ0) is 11.4. The van der Waals surface area contributed by atoms with Gasteiger partial charge in [-0.3, -0.25) is 9.97 Å². The summed E-state index contributed by atoms with van der Waals surface area (Å²) < 4.78 is 0. The quantitative estimate of drug-likeness (QED) is 0.760. The minimum absolute atomic E-state index is 0.934. The van der Waals surface area contributed by atoms with Crippen molar-refractivity contribution in [3.05, 3.63) is 59.2 Å². The Bertz CT molecular complexity index is 501. The molecule has 0 aliphatic heterocycles. The first-order valence-electron chi connectivity index (χ1n) is 5.29. The van der Waals surface area contributed by atoms with Gasteiger partial charge in [0.2, 0.25) is 0 Å². The van der Waals surface area contributed by atoms with E-state index in [1.54, 1.807) is 6.20 Å². The molecule has 0 unspecified atom stereocenters. The number of nitrogens with zero attached hydrogens (tertiary/aromatic N) is 2. The standard InChI is InChI=1S/C14H14N2/c1-11-10-15-12(2)14(16-11)9-8-13-6-4-3-5-7-13/h3-10H,1-2H3/b9-8+. The molecule has 1 aromatic heterocycles. The average molecular weight is 210 g/mol. The maximum Gasteiger partial charge on any atom is 0.0845 e. The van der Waals surface area contributed by atoms with E-state index in [2.05, 4.69) is 28.2 Å². The Hall–Kier alpha value is -1.96. The summed E-state index contributed by atoms with van der Waals surface area (Å²) in [6, 6.07) is 10.2. The number of aromatic nitrogens is 2. The molecule has 0 atom stereocenters. The molecule has 0 aliphatic rings. The third-order valence-electron chi connectivity index (χ3n) is 2.35. The van der Waals surface area contributed by atoms with Crippen LogP contribution in [0.4, 0.5) is 0 Å². The first-order valence-corrected chi connectivity index (χ1v) is 5.29. The van der Waals surface area contributed by atoms with E-state index in [1.165, 1.54) is 5.56 Å².